The summed E-state index contributed by atoms with van der Waals surface area (Å²) in [6.45, 7) is 1.73. The fraction of sp³-hybridized carbons (Fsp3) is 0.400. The van der Waals surface area contributed by atoms with Gasteiger partial charge in [0.15, 0.2) is 0 Å². The normalized spacial score (nSPS) is 19.5. The van der Waals surface area contributed by atoms with Gasteiger partial charge in [-0.15, -0.1) is 0 Å². The molecule has 0 saturated carbocycles. The molecular weight excluding hydrogens is 238 g/mol. The largest absolute Gasteiger partial charge is 0.397 e. The maximum absolute atomic E-state index is 5.95. The number of hydrogen-bond acceptors (Lipinski definition) is 4. The minimum absolute atomic E-state index is 0.318. The first-order chi connectivity index (χ1) is 9.34. The molecule has 1 aromatic carbocycles. The Bertz CT molecular complexity index is 564. The Hall–Kier alpha value is -1.81. The van der Waals surface area contributed by atoms with E-state index in [1.807, 2.05) is 24.3 Å². The molecule has 4 heteroatoms. The topological polar surface area (TPSA) is 60.2 Å². The summed E-state index contributed by atoms with van der Waals surface area (Å²) in [6, 6.07) is 7.87. The van der Waals surface area contributed by atoms with Crippen LogP contribution < -0.4 is 11.1 Å². The SMILES string of the molecule is Nc1cccc2c(NCC3CCCCO3)ccnc12. The average molecular weight is 257 g/mol. The number of fused-ring (bicyclic) bond motifs is 1. The van der Waals surface area contributed by atoms with E-state index in [0.717, 1.165) is 41.9 Å². The third-order valence-corrected chi connectivity index (χ3v) is 3.60. The number of anilines is 2. The summed E-state index contributed by atoms with van der Waals surface area (Å²) in [4.78, 5) is 4.34. The molecule has 100 valence electrons. The molecule has 2 aromatic rings. The second-order valence-corrected chi connectivity index (χ2v) is 4.97. The Kier molecular flexibility index (Phi) is 3.51. The molecule has 0 amide bonds. The number of rotatable bonds is 3. The average Bonchev–Trinajstić information content (AvgIpc) is 2.47. The van der Waals surface area contributed by atoms with Crippen LogP contribution in [0.25, 0.3) is 10.9 Å². The fourth-order valence-electron chi connectivity index (χ4n) is 2.55. The lowest BCUT2D eigenvalue weighted by atomic mass is 10.1. The number of ether oxygens (including phenoxy) is 1. The summed E-state index contributed by atoms with van der Waals surface area (Å²) in [5, 5.41) is 4.53. The Labute approximate surface area is 113 Å². The van der Waals surface area contributed by atoms with Crippen molar-refractivity contribution in [3.05, 3.63) is 30.5 Å². The van der Waals surface area contributed by atoms with Gasteiger partial charge in [0.2, 0.25) is 0 Å². The lowest BCUT2D eigenvalue weighted by Gasteiger charge is -2.23. The molecule has 1 aromatic heterocycles. The number of aromatic nitrogens is 1. The van der Waals surface area contributed by atoms with Crippen LogP contribution in [0.4, 0.5) is 11.4 Å². The molecular formula is C15H19N3O. The molecule has 0 spiro atoms. The molecule has 0 radical (unpaired) electrons. The number of nitrogens with two attached hydrogens (primary N) is 1. The van der Waals surface area contributed by atoms with E-state index in [1.165, 1.54) is 12.8 Å². The molecule has 1 saturated heterocycles. The maximum atomic E-state index is 5.95. The molecule has 1 aliphatic rings. The summed E-state index contributed by atoms with van der Waals surface area (Å²) in [6.07, 6.45) is 5.70. The van der Waals surface area contributed by atoms with Crippen molar-refractivity contribution in [1.82, 2.24) is 4.98 Å². The first-order valence-electron chi connectivity index (χ1n) is 6.83. The standard InChI is InChI=1S/C15H19N3O/c16-13-6-3-5-12-14(7-8-17-15(12)13)18-10-11-4-1-2-9-19-11/h3,5-8,11H,1-2,4,9-10,16H2,(H,17,18). The van der Waals surface area contributed by atoms with Crippen LogP contribution in [0.2, 0.25) is 0 Å². The summed E-state index contributed by atoms with van der Waals surface area (Å²) < 4.78 is 5.73. The number of nitrogen functional groups attached to an aromatic ring is 1. The van der Waals surface area contributed by atoms with E-state index >= 15 is 0 Å². The molecule has 4 nitrogen and oxygen atoms in total. The van der Waals surface area contributed by atoms with Gasteiger partial charge in [-0.2, -0.15) is 0 Å². The fourth-order valence-corrected chi connectivity index (χ4v) is 2.55. The molecule has 3 rings (SSSR count). The van der Waals surface area contributed by atoms with Crippen LogP contribution >= 0.6 is 0 Å². The third kappa shape index (κ3) is 2.63. The van der Waals surface area contributed by atoms with Gasteiger partial charge in [0.25, 0.3) is 0 Å². The van der Waals surface area contributed by atoms with Gasteiger partial charge in [-0.1, -0.05) is 12.1 Å². The van der Waals surface area contributed by atoms with Gasteiger partial charge < -0.3 is 15.8 Å². The summed E-state index contributed by atoms with van der Waals surface area (Å²) >= 11 is 0. The van der Waals surface area contributed by atoms with Crippen molar-refractivity contribution < 1.29 is 4.74 Å². The predicted octanol–water partition coefficient (Wildman–Crippen LogP) is 2.80. The van der Waals surface area contributed by atoms with Crippen LogP contribution in [-0.2, 0) is 4.74 Å². The quantitative estimate of drug-likeness (QED) is 0.830. The van der Waals surface area contributed by atoms with E-state index in [1.54, 1.807) is 6.20 Å². The van der Waals surface area contributed by atoms with Crippen molar-refractivity contribution in [2.45, 2.75) is 25.4 Å². The Morgan fingerprint density at radius 2 is 2.26 bits per heavy atom. The summed E-state index contributed by atoms with van der Waals surface area (Å²) in [5.41, 5.74) is 8.60. The maximum Gasteiger partial charge on any atom is 0.0951 e. The monoisotopic (exact) mass is 257 g/mol. The van der Waals surface area contributed by atoms with E-state index in [4.69, 9.17) is 10.5 Å². The molecule has 2 heterocycles. The van der Waals surface area contributed by atoms with Crippen molar-refractivity contribution in [2.24, 2.45) is 0 Å². The van der Waals surface area contributed by atoms with Crippen LogP contribution in [0.5, 0.6) is 0 Å². The second kappa shape index (κ2) is 5.45. The molecule has 3 N–H and O–H groups in total. The van der Waals surface area contributed by atoms with Gasteiger partial charge in [0.1, 0.15) is 0 Å². The number of nitrogens with zero attached hydrogens (tertiary/aromatic N) is 1. The molecule has 0 bridgehead atoms. The van der Waals surface area contributed by atoms with Crippen molar-refractivity contribution in [1.29, 1.82) is 0 Å². The summed E-state index contributed by atoms with van der Waals surface area (Å²) in [7, 11) is 0. The highest BCUT2D eigenvalue weighted by Crippen LogP contribution is 2.25. The number of hydrogen-bond donors (Lipinski definition) is 2. The Balaban J connectivity index is 1.79. The Morgan fingerprint density at radius 1 is 1.32 bits per heavy atom. The number of para-hydroxylation sites is 1. The van der Waals surface area contributed by atoms with E-state index in [0.29, 0.717) is 6.10 Å². The number of pyridine rings is 1. The van der Waals surface area contributed by atoms with Crippen LogP contribution in [0.3, 0.4) is 0 Å². The van der Waals surface area contributed by atoms with Crippen molar-refractivity contribution in [2.75, 3.05) is 24.2 Å². The van der Waals surface area contributed by atoms with Crippen molar-refractivity contribution >= 4 is 22.3 Å². The first-order valence-corrected chi connectivity index (χ1v) is 6.83. The lowest BCUT2D eigenvalue weighted by Crippen LogP contribution is -2.27. The minimum atomic E-state index is 0.318. The lowest BCUT2D eigenvalue weighted by molar-refractivity contribution is 0.0248. The highest BCUT2D eigenvalue weighted by atomic mass is 16.5. The van der Waals surface area contributed by atoms with Gasteiger partial charge >= 0.3 is 0 Å². The van der Waals surface area contributed by atoms with Crippen molar-refractivity contribution in [3.63, 3.8) is 0 Å². The molecule has 19 heavy (non-hydrogen) atoms. The second-order valence-electron chi connectivity index (χ2n) is 4.97. The third-order valence-electron chi connectivity index (χ3n) is 3.60. The van der Waals surface area contributed by atoms with Crippen LogP contribution in [0.15, 0.2) is 30.5 Å². The van der Waals surface area contributed by atoms with Gasteiger partial charge in [0.05, 0.1) is 17.3 Å². The van der Waals surface area contributed by atoms with E-state index in [9.17, 15) is 0 Å². The zero-order valence-corrected chi connectivity index (χ0v) is 10.9. The van der Waals surface area contributed by atoms with Crippen LogP contribution in [0.1, 0.15) is 19.3 Å². The van der Waals surface area contributed by atoms with E-state index in [2.05, 4.69) is 10.3 Å². The van der Waals surface area contributed by atoms with Gasteiger partial charge in [0, 0.05) is 30.4 Å². The van der Waals surface area contributed by atoms with Gasteiger partial charge in [-0.3, -0.25) is 4.98 Å². The molecule has 0 aliphatic carbocycles. The minimum Gasteiger partial charge on any atom is -0.397 e. The van der Waals surface area contributed by atoms with E-state index in [-0.39, 0.29) is 0 Å². The zero-order valence-electron chi connectivity index (χ0n) is 10.9. The molecule has 1 unspecified atom stereocenters. The first kappa shape index (κ1) is 12.2. The smallest absolute Gasteiger partial charge is 0.0951 e. The van der Waals surface area contributed by atoms with Gasteiger partial charge in [-0.05, 0) is 31.4 Å². The Morgan fingerprint density at radius 3 is 3.11 bits per heavy atom. The van der Waals surface area contributed by atoms with Crippen molar-refractivity contribution in [3.8, 4) is 0 Å². The van der Waals surface area contributed by atoms with Gasteiger partial charge in [-0.25, -0.2) is 0 Å². The van der Waals surface area contributed by atoms with Crippen LogP contribution in [0, 0.1) is 0 Å². The summed E-state index contributed by atoms with van der Waals surface area (Å²) in [5.74, 6) is 0. The number of benzene rings is 1. The number of nitrogens with one attached hydrogen (secondary N) is 1. The predicted molar refractivity (Wildman–Crippen MR) is 78.2 cm³/mol. The van der Waals surface area contributed by atoms with E-state index < -0.39 is 0 Å². The van der Waals surface area contributed by atoms with Crippen LogP contribution in [-0.4, -0.2) is 24.2 Å². The molecule has 1 atom stereocenters. The highest BCUT2D eigenvalue weighted by molar-refractivity contribution is 5.97. The molecule has 1 aliphatic heterocycles. The zero-order chi connectivity index (χ0) is 13.1. The molecule has 1 fully saturated rings. The highest BCUT2D eigenvalue weighted by Gasteiger charge is 2.14.